The Morgan fingerprint density at radius 3 is 2.33 bits per heavy atom. The van der Waals surface area contributed by atoms with Crippen molar-refractivity contribution in [1.82, 2.24) is 9.97 Å². The van der Waals surface area contributed by atoms with Crippen molar-refractivity contribution in [2.75, 3.05) is 30.3 Å². The summed E-state index contributed by atoms with van der Waals surface area (Å²) >= 11 is 0. The van der Waals surface area contributed by atoms with Gasteiger partial charge in [0, 0.05) is 31.7 Å². The van der Waals surface area contributed by atoms with Gasteiger partial charge in [-0.15, -0.1) is 0 Å². The molecule has 0 amide bonds. The van der Waals surface area contributed by atoms with Gasteiger partial charge in [0.2, 0.25) is 0 Å². The fourth-order valence-electron chi connectivity index (χ4n) is 1.88. The SMILES string of the molecule is CCCNc1cc(NCC(C)(C)CCO)nc(C(C)C)n1. The minimum atomic E-state index is 0.0364. The lowest BCUT2D eigenvalue weighted by molar-refractivity contribution is 0.220. The predicted molar refractivity (Wildman–Crippen MR) is 88.9 cm³/mol. The number of aliphatic hydroxyl groups excluding tert-OH is 1. The van der Waals surface area contributed by atoms with E-state index in [-0.39, 0.29) is 12.0 Å². The van der Waals surface area contributed by atoms with E-state index in [9.17, 15) is 0 Å². The Bertz CT molecular complexity index is 432. The van der Waals surface area contributed by atoms with Crippen LogP contribution in [0.15, 0.2) is 6.07 Å². The molecule has 0 unspecified atom stereocenters. The highest BCUT2D eigenvalue weighted by molar-refractivity contribution is 5.48. The van der Waals surface area contributed by atoms with Gasteiger partial charge in [0.15, 0.2) is 0 Å². The van der Waals surface area contributed by atoms with E-state index in [1.54, 1.807) is 0 Å². The third kappa shape index (κ3) is 6.29. The van der Waals surface area contributed by atoms with Crippen molar-refractivity contribution in [3.8, 4) is 0 Å². The van der Waals surface area contributed by atoms with Crippen LogP contribution < -0.4 is 10.6 Å². The molecule has 0 saturated heterocycles. The number of anilines is 2. The fraction of sp³-hybridized carbons (Fsp3) is 0.750. The van der Waals surface area contributed by atoms with Gasteiger partial charge in [0.05, 0.1) is 0 Å². The molecule has 1 aromatic heterocycles. The molecule has 0 spiro atoms. The third-order valence-electron chi connectivity index (χ3n) is 3.35. The highest BCUT2D eigenvalue weighted by atomic mass is 16.3. The zero-order chi connectivity index (χ0) is 15.9. The van der Waals surface area contributed by atoms with Gasteiger partial charge < -0.3 is 15.7 Å². The van der Waals surface area contributed by atoms with Crippen LogP contribution in [0.1, 0.15) is 59.2 Å². The average molecular weight is 294 g/mol. The molecule has 0 bridgehead atoms. The minimum Gasteiger partial charge on any atom is -0.396 e. The van der Waals surface area contributed by atoms with Gasteiger partial charge in [-0.25, -0.2) is 9.97 Å². The summed E-state index contributed by atoms with van der Waals surface area (Å²) in [7, 11) is 0. The standard InChI is InChI=1S/C16H30N4O/c1-6-8-17-13-10-14(20-15(19-13)12(2)3)18-11-16(4,5)7-9-21/h10,12,21H,6-9,11H2,1-5H3,(H2,17,18,19,20). The first kappa shape index (κ1) is 17.7. The fourth-order valence-corrected chi connectivity index (χ4v) is 1.88. The molecule has 21 heavy (non-hydrogen) atoms. The van der Waals surface area contributed by atoms with E-state index < -0.39 is 0 Å². The van der Waals surface area contributed by atoms with E-state index in [4.69, 9.17) is 5.11 Å². The summed E-state index contributed by atoms with van der Waals surface area (Å²) in [6.07, 6.45) is 1.83. The number of nitrogens with one attached hydrogen (secondary N) is 2. The number of aromatic nitrogens is 2. The molecular formula is C16H30N4O. The lowest BCUT2D eigenvalue weighted by Crippen LogP contribution is -2.25. The van der Waals surface area contributed by atoms with E-state index in [0.29, 0.717) is 5.92 Å². The van der Waals surface area contributed by atoms with Gasteiger partial charge >= 0.3 is 0 Å². The van der Waals surface area contributed by atoms with Gasteiger partial charge in [-0.3, -0.25) is 0 Å². The van der Waals surface area contributed by atoms with E-state index in [0.717, 1.165) is 43.4 Å². The molecule has 0 radical (unpaired) electrons. The second kappa shape index (κ2) is 8.17. The van der Waals surface area contributed by atoms with Crippen molar-refractivity contribution in [3.63, 3.8) is 0 Å². The molecule has 0 aliphatic carbocycles. The quantitative estimate of drug-likeness (QED) is 0.652. The number of hydrogen-bond donors (Lipinski definition) is 3. The molecule has 5 nitrogen and oxygen atoms in total. The first-order valence-corrected chi connectivity index (χ1v) is 7.85. The summed E-state index contributed by atoms with van der Waals surface area (Å²) < 4.78 is 0. The average Bonchev–Trinajstić information content (AvgIpc) is 2.43. The van der Waals surface area contributed by atoms with Crippen LogP contribution in [0.2, 0.25) is 0 Å². The van der Waals surface area contributed by atoms with Gasteiger partial charge in [0.1, 0.15) is 17.5 Å². The van der Waals surface area contributed by atoms with E-state index >= 15 is 0 Å². The van der Waals surface area contributed by atoms with Crippen molar-refractivity contribution in [2.24, 2.45) is 5.41 Å². The first-order valence-electron chi connectivity index (χ1n) is 7.85. The zero-order valence-corrected chi connectivity index (χ0v) is 14.0. The van der Waals surface area contributed by atoms with Crippen LogP contribution in [0, 0.1) is 5.41 Å². The van der Waals surface area contributed by atoms with E-state index in [1.165, 1.54) is 0 Å². The van der Waals surface area contributed by atoms with Gasteiger partial charge in [-0.05, 0) is 18.3 Å². The van der Waals surface area contributed by atoms with Crippen molar-refractivity contribution >= 4 is 11.6 Å². The maximum absolute atomic E-state index is 9.09. The Morgan fingerprint density at radius 1 is 1.19 bits per heavy atom. The van der Waals surface area contributed by atoms with Gasteiger partial charge in [-0.2, -0.15) is 0 Å². The van der Waals surface area contributed by atoms with Crippen LogP contribution in [0.4, 0.5) is 11.6 Å². The van der Waals surface area contributed by atoms with Crippen LogP contribution >= 0.6 is 0 Å². The Hall–Kier alpha value is -1.36. The molecule has 5 heteroatoms. The van der Waals surface area contributed by atoms with Crippen LogP contribution in [0.3, 0.4) is 0 Å². The van der Waals surface area contributed by atoms with Crippen LogP contribution in [-0.4, -0.2) is 34.8 Å². The Kier molecular flexibility index (Phi) is 6.89. The van der Waals surface area contributed by atoms with Gasteiger partial charge in [0.25, 0.3) is 0 Å². The van der Waals surface area contributed by atoms with Crippen LogP contribution in [0.5, 0.6) is 0 Å². The highest BCUT2D eigenvalue weighted by Crippen LogP contribution is 2.22. The number of hydrogen-bond acceptors (Lipinski definition) is 5. The number of rotatable bonds is 9. The maximum Gasteiger partial charge on any atom is 0.135 e. The summed E-state index contributed by atoms with van der Waals surface area (Å²) in [5, 5.41) is 15.8. The summed E-state index contributed by atoms with van der Waals surface area (Å²) in [4.78, 5) is 9.13. The Morgan fingerprint density at radius 2 is 1.81 bits per heavy atom. The largest absolute Gasteiger partial charge is 0.396 e. The first-order chi connectivity index (χ1) is 9.88. The molecule has 0 saturated carbocycles. The summed E-state index contributed by atoms with van der Waals surface area (Å²) in [5.41, 5.74) is 0.0364. The highest BCUT2D eigenvalue weighted by Gasteiger charge is 2.17. The molecule has 0 aromatic carbocycles. The Balaban J connectivity index is 2.82. The lowest BCUT2D eigenvalue weighted by atomic mass is 9.90. The summed E-state index contributed by atoms with van der Waals surface area (Å²) in [5.74, 6) is 2.86. The van der Waals surface area contributed by atoms with Crippen LogP contribution in [0.25, 0.3) is 0 Å². The second-order valence-electron chi connectivity index (χ2n) is 6.57. The topological polar surface area (TPSA) is 70.1 Å². The lowest BCUT2D eigenvalue weighted by Gasteiger charge is -2.24. The second-order valence-corrected chi connectivity index (χ2v) is 6.57. The normalized spacial score (nSPS) is 11.8. The van der Waals surface area contributed by atoms with Crippen molar-refractivity contribution < 1.29 is 5.11 Å². The smallest absolute Gasteiger partial charge is 0.135 e. The van der Waals surface area contributed by atoms with Crippen LogP contribution in [-0.2, 0) is 0 Å². The predicted octanol–water partition coefficient (Wildman–Crippen LogP) is 3.24. The van der Waals surface area contributed by atoms with Crippen molar-refractivity contribution in [3.05, 3.63) is 11.9 Å². The molecular weight excluding hydrogens is 264 g/mol. The van der Waals surface area contributed by atoms with E-state index in [1.807, 2.05) is 6.07 Å². The monoisotopic (exact) mass is 294 g/mol. The molecule has 3 N–H and O–H groups in total. The Labute approximate surface area is 128 Å². The molecule has 0 fully saturated rings. The molecule has 0 aliphatic rings. The molecule has 0 atom stereocenters. The minimum absolute atomic E-state index is 0.0364. The number of aliphatic hydroxyl groups is 1. The molecule has 0 aliphatic heterocycles. The van der Waals surface area contributed by atoms with Crippen molar-refractivity contribution in [1.29, 1.82) is 0 Å². The maximum atomic E-state index is 9.09. The summed E-state index contributed by atoms with van der Waals surface area (Å²) in [6, 6.07) is 1.95. The summed E-state index contributed by atoms with van der Waals surface area (Å²) in [6.45, 7) is 12.5. The van der Waals surface area contributed by atoms with E-state index in [2.05, 4.69) is 55.2 Å². The molecule has 1 heterocycles. The number of nitrogens with zero attached hydrogens (tertiary/aromatic N) is 2. The third-order valence-corrected chi connectivity index (χ3v) is 3.35. The molecule has 120 valence electrons. The molecule has 1 rings (SSSR count). The van der Waals surface area contributed by atoms with Gasteiger partial charge in [-0.1, -0.05) is 34.6 Å². The molecule has 1 aromatic rings. The van der Waals surface area contributed by atoms with Crippen molar-refractivity contribution in [2.45, 2.75) is 53.4 Å². The zero-order valence-electron chi connectivity index (χ0n) is 14.0.